The summed E-state index contributed by atoms with van der Waals surface area (Å²) < 4.78 is 0. The van der Waals surface area contributed by atoms with Crippen LogP contribution >= 0.6 is 0 Å². The lowest BCUT2D eigenvalue weighted by molar-refractivity contribution is 0.275. The molecule has 0 bridgehead atoms. The van der Waals surface area contributed by atoms with Crippen molar-refractivity contribution in [2.75, 3.05) is 0 Å². The minimum atomic E-state index is 0.288. The molecule has 3 rings (SSSR count). The van der Waals surface area contributed by atoms with Crippen LogP contribution in [0.4, 0.5) is 0 Å². The van der Waals surface area contributed by atoms with Crippen molar-refractivity contribution in [1.82, 2.24) is 4.98 Å². The van der Waals surface area contributed by atoms with Gasteiger partial charge in [0.15, 0.2) is 0 Å². The molecule has 3 atom stereocenters. The number of rotatable bonds is 3. The number of fused-ring (bicyclic) bond motifs is 1. The molecule has 0 amide bonds. The van der Waals surface area contributed by atoms with E-state index in [9.17, 15) is 0 Å². The molecule has 1 aromatic heterocycles. The molecular formula is C18H24N2. The summed E-state index contributed by atoms with van der Waals surface area (Å²) in [6.07, 6.45) is 8.18. The first-order valence-electron chi connectivity index (χ1n) is 7.88. The summed E-state index contributed by atoms with van der Waals surface area (Å²) in [5.41, 5.74) is 8.94. The lowest BCUT2D eigenvalue weighted by atomic mass is 9.73. The second-order valence-electron chi connectivity index (χ2n) is 6.16. The average molecular weight is 268 g/mol. The molecule has 1 aliphatic rings. The molecular weight excluding hydrogens is 244 g/mol. The number of para-hydroxylation sites is 1. The summed E-state index contributed by atoms with van der Waals surface area (Å²) in [6.45, 7) is 2.28. The fourth-order valence-corrected chi connectivity index (χ4v) is 3.74. The van der Waals surface area contributed by atoms with Gasteiger partial charge in [0.1, 0.15) is 0 Å². The van der Waals surface area contributed by atoms with E-state index in [0.717, 1.165) is 17.9 Å². The number of nitrogens with two attached hydrogens (primary N) is 1. The normalized spacial score (nSPS) is 26.8. The van der Waals surface area contributed by atoms with E-state index in [1.54, 1.807) is 0 Å². The lowest BCUT2D eigenvalue weighted by Crippen LogP contribution is -2.34. The molecule has 0 spiro atoms. The average Bonchev–Trinajstić information content (AvgIpc) is 2.49. The van der Waals surface area contributed by atoms with Gasteiger partial charge in [-0.05, 0) is 36.8 Å². The Morgan fingerprint density at radius 1 is 1.20 bits per heavy atom. The van der Waals surface area contributed by atoms with Crippen molar-refractivity contribution >= 4 is 10.9 Å². The zero-order valence-corrected chi connectivity index (χ0v) is 12.3. The molecule has 2 N–H and O–H groups in total. The zero-order chi connectivity index (χ0) is 13.9. The van der Waals surface area contributed by atoms with Crippen molar-refractivity contribution in [2.45, 2.75) is 51.0 Å². The first kappa shape index (κ1) is 13.6. The van der Waals surface area contributed by atoms with Gasteiger partial charge in [0.25, 0.3) is 0 Å². The van der Waals surface area contributed by atoms with Gasteiger partial charge in [0.05, 0.1) is 5.52 Å². The largest absolute Gasteiger partial charge is 0.327 e. The first-order chi connectivity index (χ1) is 9.79. The number of nitrogens with zero attached hydrogens (tertiary/aromatic N) is 1. The molecule has 0 aliphatic heterocycles. The Morgan fingerprint density at radius 3 is 2.90 bits per heavy atom. The topological polar surface area (TPSA) is 38.9 Å². The van der Waals surface area contributed by atoms with Crippen LogP contribution in [0.25, 0.3) is 10.9 Å². The molecule has 106 valence electrons. The van der Waals surface area contributed by atoms with E-state index in [-0.39, 0.29) is 6.04 Å². The van der Waals surface area contributed by atoms with E-state index < -0.39 is 0 Å². The van der Waals surface area contributed by atoms with Gasteiger partial charge >= 0.3 is 0 Å². The van der Waals surface area contributed by atoms with E-state index in [2.05, 4.69) is 36.2 Å². The van der Waals surface area contributed by atoms with Crippen LogP contribution in [0.2, 0.25) is 0 Å². The Morgan fingerprint density at radius 2 is 2.05 bits per heavy atom. The van der Waals surface area contributed by atoms with Crippen LogP contribution in [-0.4, -0.2) is 11.0 Å². The minimum absolute atomic E-state index is 0.288. The zero-order valence-electron chi connectivity index (χ0n) is 12.3. The van der Waals surface area contributed by atoms with Gasteiger partial charge in [-0.3, -0.25) is 4.98 Å². The highest BCUT2D eigenvalue weighted by atomic mass is 14.7. The second kappa shape index (κ2) is 5.92. The van der Waals surface area contributed by atoms with E-state index in [0.29, 0.717) is 5.92 Å². The highest BCUT2D eigenvalue weighted by molar-refractivity contribution is 5.82. The molecule has 2 aromatic rings. The molecule has 1 aliphatic carbocycles. The van der Waals surface area contributed by atoms with Crippen LogP contribution < -0.4 is 5.73 Å². The van der Waals surface area contributed by atoms with Gasteiger partial charge in [-0.15, -0.1) is 0 Å². The summed E-state index contributed by atoms with van der Waals surface area (Å²) in [5.74, 6) is 1.31. The van der Waals surface area contributed by atoms with Crippen LogP contribution in [0, 0.1) is 5.92 Å². The number of hydrogen-bond donors (Lipinski definition) is 1. The molecule has 1 saturated carbocycles. The Hall–Kier alpha value is -1.41. The Kier molecular flexibility index (Phi) is 4.02. The fraction of sp³-hybridized carbons (Fsp3) is 0.500. The molecule has 1 fully saturated rings. The quantitative estimate of drug-likeness (QED) is 0.904. The van der Waals surface area contributed by atoms with Gasteiger partial charge in [-0.2, -0.15) is 0 Å². The van der Waals surface area contributed by atoms with Crippen LogP contribution in [0.5, 0.6) is 0 Å². The van der Waals surface area contributed by atoms with Crippen molar-refractivity contribution in [3.63, 3.8) is 0 Å². The summed E-state index contributed by atoms with van der Waals surface area (Å²) in [6, 6.07) is 11.0. The number of aromatic nitrogens is 1. The third-order valence-corrected chi connectivity index (χ3v) is 4.77. The lowest BCUT2D eigenvalue weighted by Gasteiger charge is -2.34. The first-order valence-corrected chi connectivity index (χ1v) is 7.88. The maximum Gasteiger partial charge on any atom is 0.0737 e. The highest BCUT2D eigenvalue weighted by Gasteiger charge is 2.30. The van der Waals surface area contributed by atoms with Gasteiger partial charge < -0.3 is 5.73 Å². The third-order valence-electron chi connectivity index (χ3n) is 4.77. The predicted octanol–water partition coefficient (Wildman–Crippen LogP) is 4.25. The van der Waals surface area contributed by atoms with Crippen LogP contribution in [0.15, 0.2) is 36.5 Å². The monoisotopic (exact) mass is 268 g/mol. The third kappa shape index (κ3) is 2.57. The second-order valence-corrected chi connectivity index (χ2v) is 6.16. The van der Waals surface area contributed by atoms with Gasteiger partial charge in [0.2, 0.25) is 0 Å². The maximum atomic E-state index is 6.43. The standard InChI is InChI=1S/C18H24N2/c1-2-5-13-9-10-17(19)16(12-13)15-8-3-6-14-7-4-11-20-18(14)15/h3-4,6-8,11,13,16-17H,2,5,9-10,12,19H2,1H3. The number of hydrogen-bond acceptors (Lipinski definition) is 2. The number of pyridine rings is 1. The SMILES string of the molecule is CCCC1CCC(N)C(c2cccc3cccnc23)C1. The van der Waals surface area contributed by atoms with Gasteiger partial charge in [0, 0.05) is 23.5 Å². The molecule has 2 nitrogen and oxygen atoms in total. The van der Waals surface area contributed by atoms with Crippen molar-refractivity contribution in [3.8, 4) is 0 Å². The van der Waals surface area contributed by atoms with Crippen molar-refractivity contribution in [3.05, 3.63) is 42.1 Å². The van der Waals surface area contributed by atoms with Gasteiger partial charge in [-0.25, -0.2) is 0 Å². The summed E-state index contributed by atoms with van der Waals surface area (Å²) >= 11 is 0. The predicted molar refractivity (Wildman–Crippen MR) is 84.7 cm³/mol. The van der Waals surface area contributed by atoms with Crippen molar-refractivity contribution in [2.24, 2.45) is 11.7 Å². The summed E-state index contributed by atoms with van der Waals surface area (Å²) in [4.78, 5) is 4.61. The van der Waals surface area contributed by atoms with Gasteiger partial charge in [-0.1, -0.05) is 44.0 Å². The summed E-state index contributed by atoms with van der Waals surface area (Å²) in [5, 5.41) is 1.23. The van der Waals surface area contributed by atoms with E-state index in [1.165, 1.54) is 36.6 Å². The highest BCUT2D eigenvalue weighted by Crippen LogP contribution is 2.39. The molecule has 0 radical (unpaired) electrons. The van der Waals surface area contributed by atoms with Crippen LogP contribution in [-0.2, 0) is 0 Å². The van der Waals surface area contributed by atoms with E-state index in [4.69, 9.17) is 5.73 Å². The van der Waals surface area contributed by atoms with Crippen LogP contribution in [0.3, 0.4) is 0 Å². The molecule has 20 heavy (non-hydrogen) atoms. The molecule has 1 heterocycles. The van der Waals surface area contributed by atoms with Crippen molar-refractivity contribution in [1.29, 1.82) is 0 Å². The van der Waals surface area contributed by atoms with Crippen molar-refractivity contribution < 1.29 is 0 Å². The summed E-state index contributed by atoms with van der Waals surface area (Å²) in [7, 11) is 0. The van der Waals surface area contributed by atoms with E-state index in [1.807, 2.05) is 12.3 Å². The molecule has 2 heteroatoms. The maximum absolute atomic E-state index is 6.43. The molecule has 3 unspecified atom stereocenters. The smallest absolute Gasteiger partial charge is 0.0737 e. The minimum Gasteiger partial charge on any atom is -0.327 e. The van der Waals surface area contributed by atoms with Crippen LogP contribution in [0.1, 0.15) is 50.5 Å². The fourth-order valence-electron chi connectivity index (χ4n) is 3.74. The Bertz CT molecular complexity index is 573. The van der Waals surface area contributed by atoms with E-state index >= 15 is 0 Å². The number of benzene rings is 1. The Labute approximate surface area is 121 Å². The molecule has 0 saturated heterocycles. The molecule has 1 aromatic carbocycles. The Balaban J connectivity index is 1.96.